The smallest absolute Gasteiger partial charge is 0.345 e. The van der Waals surface area contributed by atoms with Gasteiger partial charge in [-0.25, -0.2) is 4.79 Å². The second-order valence-electron chi connectivity index (χ2n) is 3.72. The molecule has 96 valence electrons. The van der Waals surface area contributed by atoms with E-state index in [2.05, 4.69) is 15.9 Å². The summed E-state index contributed by atoms with van der Waals surface area (Å²) in [6.07, 6.45) is 3.15. The minimum absolute atomic E-state index is 0.167. The van der Waals surface area contributed by atoms with Crippen LogP contribution in [0.15, 0.2) is 46.9 Å². The van der Waals surface area contributed by atoms with Crippen LogP contribution in [0.2, 0.25) is 0 Å². The molecular weight excluding hydrogens is 328 g/mol. The zero-order valence-electron chi connectivity index (χ0n) is 9.67. The van der Waals surface area contributed by atoms with Gasteiger partial charge in [0.2, 0.25) is 0 Å². The summed E-state index contributed by atoms with van der Waals surface area (Å²) >= 11 is 4.31. The molecule has 3 nitrogen and oxygen atoms in total. The summed E-state index contributed by atoms with van der Waals surface area (Å²) in [5.41, 5.74) is 0.909. The van der Waals surface area contributed by atoms with Gasteiger partial charge < -0.3 is 5.11 Å². The number of ketones is 1. The monoisotopic (exact) mass is 336 g/mol. The molecule has 0 aliphatic heterocycles. The summed E-state index contributed by atoms with van der Waals surface area (Å²) in [6.45, 7) is 0. The first kappa shape index (κ1) is 13.7. The van der Waals surface area contributed by atoms with Gasteiger partial charge in [0.05, 0.1) is 4.88 Å². The van der Waals surface area contributed by atoms with Crippen molar-refractivity contribution in [1.29, 1.82) is 0 Å². The van der Waals surface area contributed by atoms with E-state index in [-0.39, 0.29) is 10.7 Å². The number of rotatable bonds is 4. The summed E-state index contributed by atoms with van der Waals surface area (Å²) in [5.74, 6) is -1.21. The molecule has 0 radical (unpaired) electrons. The quantitative estimate of drug-likeness (QED) is 0.675. The minimum atomic E-state index is -1.01. The zero-order chi connectivity index (χ0) is 13.8. The lowest BCUT2D eigenvalue weighted by Crippen LogP contribution is -1.91. The molecule has 0 atom stereocenters. The highest BCUT2D eigenvalue weighted by Crippen LogP contribution is 2.18. The molecule has 0 fully saturated rings. The van der Waals surface area contributed by atoms with Crippen LogP contribution in [0.3, 0.4) is 0 Å². The average Bonchev–Trinajstić information content (AvgIpc) is 2.87. The maximum absolute atomic E-state index is 11.8. The SMILES string of the molecule is O=C(O)c1ccc(C(=O)/C=C/c2ccc(Br)cc2)s1. The van der Waals surface area contributed by atoms with Crippen molar-refractivity contribution in [3.05, 3.63) is 62.3 Å². The van der Waals surface area contributed by atoms with Crippen LogP contribution in [0.1, 0.15) is 24.9 Å². The van der Waals surface area contributed by atoms with Crippen molar-refractivity contribution in [2.24, 2.45) is 0 Å². The van der Waals surface area contributed by atoms with E-state index in [1.807, 2.05) is 24.3 Å². The number of allylic oxidation sites excluding steroid dienone is 1. The number of benzene rings is 1. The normalized spacial score (nSPS) is 10.8. The van der Waals surface area contributed by atoms with Crippen LogP contribution in [0.4, 0.5) is 0 Å². The third kappa shape index (κ3) is 3.62. The summed E-state index contributed by atoms with van der Waals surface area (Å²) < 4.78 is 0.973. The summed E-state index contributed by atoms with van der Waals surface area (Å²) in [6, 6.07) is 10.5. The number of thiophene rings is 1. The van der Waals surface area contributed by atoms with Gasteiger partial charge in [0.15, 0.2) is 5.78 Å². The number of carboxylic acid groups (broad SMARTS) is 1. The molecule has 2 aromatic rings. The van der Waals surface area contributed by atoms with Gasteiger partial charge in [0, 0.05) is 4.47 Å². The Hall–Kier alpha value is -1.72. The van der Waals surface area contributed by atoms with E-state index in [1.54, 1.807) is 6.08 Å². The Morgan fingerprint density at radius 3 is 2.26 bits per heavy atom. The molecule has 2 rings (SSSR count). The minimum Gasteiger partial charge on any atom is -0.477 e. The Bertz CT molecular complexity index is 641. The fourth-order valence-corrected chi connectivity index (χ4v) is 2.44. The molecule has 5 heteroatoms. The average molecular weight is 337 g/mol. The van der Waals surface area contributed by atoms with E-state index in [0.717, 1.165) is 21.4 Å². The van der Waals surface area contributed by atoms with E-state index in [0.29, 0.717) is 4.88 Å². The van der Waals surface area contributed by atoms with E-state index in [1.165, 1.54) is 18.2 Å². The molecule has 0 saturated carbocycles. The Kier molecular flexibility index (Phi) is 4.29. The van der Waals surface area contributed by atoms with Crippen molar-refractivity contribution < 1.29 is 14.7 Å². The molecule has 1 aromatic carbocycles. The van der Waals surface area contributed by atoms with Crippen molar-refractivity contribution in [3.63, 3.8) is 0 Å². The maximum Gasteiger partial charge on any atom is 0.345 e. The standard InChI is InChI=1S/C14H9BrO3S/c15-10-4-1-9(2-5-10)3-6-11(16)12-7-8-13(19-12)14(17)18/h1-8H,(H,17,18)/b6-3+. The maximum atomic E-state index is 11.8. The van der Waals surface area contributed by atoms with Crippen molar-refractivity contribution in [1.82, 2.24) is 0 Å². The summed E-state index contributed by atoms with van der Waals surface area (Å²) in [5, 5.41) is 8.79. The second kappa shape index (κ2) is 5.95. The number of aromatic carboxylic acids is 1. The predicted octanol–water partition coefficient (Wildman–Crippen LogP) is 4.10. The number of carbonyl (C=O) groups is 2. The fourth-order valence-electron chi connectivity index (χ4n) is 1.41. The van der Waals surface area contributed by atoms with Crippen LogP contribution < -0.4 is 0 Å². The summed E-state index contributed by atoms with van der Waals surface area (Å²) in [4.78, 5) is 23.2. The van der Waals surface area contributed by atoms with E-state index in [4.69, 9.17) is 5.11 Å². The molecule has 0 unspecified atom stereocenters. The molecule has 0 spiro atoms. The Labute approximate surface area is 122 Å². The van der Waals surface area contributed by atoms with Crippen LogP contribution in [0, 0.1) is 0 Å². The molecule has 1 aromatic heterocycles. The number of carbonyl (C=O) groups excluding carboxylic acids is 1. The Morgan fingerprint density at radius 2 is 1.68 bits per heavy atom. The van der Waals surface area contributed by atoms with Crippen LogP contribution in [-0.4, -0.2) is 16.9 Å². The van der Waals surface area contributed by atoms with Gasteiger partial charge in [-0.2, -0.15) is 0 Å². The van der Waals surface area contributed by atoms with Crippen molar-refractivity contribution >= 4 is 45.1 Å². The van der Waals surface area contributed by atoms with Gasteiger partial charge in [-0.15, -0.1) is 11.3 Å². The molecule has 1 N–H and O–H groups in total. The molecule has 0 amide bonds. The van der Waals surface area contributed by atoms with Gasteiger partial charge in [-0.05, 0) is 35.9 Å². The van der Waals surface area contributed by atoms with E-state index in [9.17, 15) is 9.59 Å². The first-order chi connectivity index (χ1) is 9.06. The van der Waals surface area contributed by atoms with E-state index >= 15 is 0 Å². The first-order valence-corrected chi connectivity index (χ1v) is 6.98. The van der Waals surface area contributed by atoms with Crippen LogP contribution in [0.25, 0.3) is 6.08 Å². The van der Waals surface area contributed by atoms with Crippen molar-refractivity contribution in [2.75, 3.05) is 0 Å². The lowest BCUT2D eigenvalue weighted by Gasteiger charge is -1.93. The molecule has 0 aliphatic carbocycles. The van der Waals surface area contributed by atoms with Gasteiger partial charge in [0.25, 0.3) is 0 Å². The molecular formula is C14H9BrO3S. The van der Waals surface area contributed by atoms with Gasteiger partial charge >= 0.3 is 5.97 Å². The lowest BCUT2D eigenvalue weighted by atomic mass is 10.2. The van der Waals surface area contributed by atoms with Gasteiger partial charge in [-0.1, -0.05) is 34.1 Å². The third-order valence-corrected chi connectivity index (χ3v) is 3.97. The topological polar surface area (TPSA) is 54.4 Å². The summed E-state index contributed by atoms with van der Waals surface area (Å²) in [7, 11) is 0. The highest BCUT2D eigenvalue weighted by atomic mass is 79.9. The fraction of sp³-hybridized carbons (Fsp3) is 0. The van der Waals surface area contributed by atoms with Crippen LogP contribution >= 0.6 is 27.3 Å². The number of halogens is 1. The molecule has 0 aliphatic rings. The number of hydrogen-bond donors (Lipinski definition) is 1. The van der Waals surface area contributed by atoms with Gasteiger partial charge in [0.1, 0.15) is 4.88 Å². The molecule has 1 heterocycles. The van der Waals surface area contributed by atoms with Crippen molar-refractivity contribution in [3.8, 4) is 0 Å². The number of hydrogen-bond acceptors (Lipinski definition) is 3. The Morgan fingerprint density at radius 1 is 1.05 bits per heavy atom. The largest absolute Gasteiger partial charge is 0.477 e. The van der Waals surface area contributed by atoms with Crippen LogP contribution in [0.5, 0.6) is 0 Å². The zero-order valence-corrected chi connectivity index (χ0v) is 12.1. The van der Waals surface area contributed by atoms with Gasteiger partial charge in [-0.3, -0.25) is 4.79 Å². The lowest BCUT2D eigenvalue weighted by molar-refractivity contribution is 0.0702. The molecule has 0 saturated heterocycles. The van der Waals surface area contributed by atoms with Crippen molar-refractivity contribution in [2.45, 2.75) is 0 Å². The predicted molar refractivity (Wildman–Crippen MR) is 78.8 cm³/mol. The van der Waals surface area contributed by atoms with E-state index < -0.39 is 5.97 Å². The molecule has 19 heavy (non-hydrogen) atoms. The number of carboxylic acids is 1. The highest BCUT2D eigenvalue weighted by Gasteiger charge is 2.10. The Balaban J connectivity index is 2.11. The third-order valence-electron chi connectivity index (χ3n) is 2.36. The highest BCUT2D eigenvalue weighted by molar-refractivity contribution is 9.10. The second-order valence-corrected chi connectivity index (χ2v) is 5.72. The van der Waals surface area contributed by atoms with Crippen LogP contribution in [-0.2, 0) is 0 Å². The first-order valence-electron chi connectivity index (χ1n) is 5.37. The molecule has 0 bridgehead atoms.